The van der Waals surface area contributed by atoms with Crippen LogP contribution in [0.25, 0.3) is 0 Å². The highest BCUT2D eigenvalue weighted by Crippen LogP contribution is 2.30. The minimum Gasteiger partial charge on any atom is -0.465 e. The van der Waals surface area contributed by atoms with Gasteiger partial charge < -0.3 is 9.73 Å². The summed E-state index contributed by atoms with van der Waals surface area (Å²) in [6, 6.07) is 2.96. The molecule has 1 aliphatic carbocycles. The first-order valence-electron chi connectivity index (χ1n) is 8.07. The molecule has 0 amide bonds. The van der Waals surface area contributed by atoms with E-state index in [1.165, 1.54) is 37.7 Å². The first-order valence-corrected chi connectivity index (χ1v) is 8.07. The monoisotopic (exact) mass is 278 g/mol. The number of aryl methyl sites for hydroxylation is 1. The fraction of sp³-hybridized carbons (Fsp3) is 0.765. The van der Waals surface area contributed by atoms with Gasteiger partial charge >= 0.3 is 0 Å². The van der Waals surface area contributed by atoms with Gasteiger partial charge in [0.05, 0.1) is 6.54 Å². The predicted octanol–water partition coefficient (Wildman–Crippen LogP) is 3.71. The van der Waals surface area contributed by atoms with Crippen LogP contribution >= 0.6 is 0 Å². The van der Waals surface area contributed by atoms with Crippen LogP contribution in [0.1, 0.15) is 56.1 Å². The molecule has 1 aromatic heterocycles. The fourth-order valence-corrected chi connectivity index (χ4v) is 3.40. The molecule has 1 saturated carbocycles. The highest BCUT2D eigenvalue weighted by Gasteiger charge is 2.23. The highest BCUT2D eigenvalue weighted by atomic mass is 16.3. The van der Waals surface area contributed by atoms with Gasteiger partial charge in [-0.05, 0) is 58.7 Å². The first kappa shape index (κ1) is 15.6. The molecule has 0 atom stereocenters. The Kier molecular flexibility index (Phi) is 5.67. The van der Waals surface area contributed by atoms with Gasteiger partial charge in [0.1, 0.15) is 11.5 Å². The lowest BCUT2D eigenvalue weighted by Crippen LogP contribution is -2.34. The van der Waals surface area contributed by atoms with Gasteiger partial charge in [-0.1, -0.05) is 13.3 Å². The molecule has 0 unspecified atom stereocenters. The van der Waals surface area contributed by atoms with Crippen LogP contribution in [0, 0.1) is 12.8 Å². The molecule has 0 spiro atoms. The van der Waals surface area contributed by atoms with Crippen LogP contribution in [-0.2, 0) is 13.1 Å². The van der Waals surface area contributed by atoms with E-state index in [1.807, 2.05) is 7.05 Å². The Morgan fingerprint density at radius 1 is 1.30 bits per heavy atom. The van der Waals surface area contributed by atoms with Crippen LogP contribution < -0.4 is 5.32 Å². The van der Waals surface area contributed by atoms with Gasteiger partial charge in [0.15, 0.2) is 0 Å². The Morgan fingerprint density at radius 2 is 2.00 bits per heavy atom. The molecule has 3 nitrogen and oxygen atoms in total. The summed E-state index contributed by atoms with van der Waals surface area (Å²) in [4.78, 5) is 2.52. The van der Waals surface area contributed by atoms with Crippen molar-refractivity contribution in [2.45, 2.75) is 65.1 Å². The Morgan fingerprint density at radius 3 is 2.60 bits per heavy atom. The molecule has 0 aromatic carbocycles. The zero-order valence-electron chi connectivity index (χ0n) is 13.5. The lowest BCUT2D eigenvalue weighted by atomic mass is 9.84. The number of rotatable bonds is 6. The first-order chi connectivity index (χ1) is 9.63. The van der Waals surface area contributed by atoms with Gasteiger partial charge in [0.2, 0.25) is 0 Å². The number of hydrogen-bond acceptors (Lipinski definition) is 3. The quantitative estimate of drug-likeness (QED) is 0.860. The van der Waals surface area contributed by atoms with Gasteiger partial charge in [0.25, 0.3) is 0 Å². The van der Waals surface area contributed by atoms with Gasteiger partial charge in [-0.2, -0.15) is 0 Å². The smallest absolute Gasteiger partial charge is 0.118 e. The lowest BCUT2D eigenvalue weighted by molar-refractivity contribution is 0.157. The predicted molar refractivity (Wildman–Crippen MR) is 83.7 cm³/mol. The van der Waals surface area contributed by atoms with Crippen LogP contribution in [0.2, 0.25) is 0 Å². The Balaban J connectivity index is 1.89. The summed E-state index contributed by atoms with van der Waals surface area (Å²) in [6.07, 6.45) is 6.87. The molecular formula is C17H30N2O. The number of nitrogens with zero attached hydrogens (tertiary/aromatic N) is 1. The second kappa shape index (κ2) is 7.28. The zero-order valence-corrected chi connectivity index (χ0v) is 13.5. The van der Waals surface area contributed by atoms with Crippen LogP contribution in [0.3, 0.4) is 0 Å². The van der Waals surface area contributed by atoms with Gasteiger partial charge in [0, 0.05) is 18.2 Å². The molecule has 0 bridgehead atoms. The number of furan rings is 1. The normalized spacial score (nSPS) is 23.4. The Hall–Kier alpha value is -0.800. The average Bonchev–Trinajstić information content (AvgIpc) is 2.79. The molecule has 20 heavy (non-hydrogen) atoms. The van der Waals surface area contributed by atoms with Gasteiger partial charge in [-0.25, -0.2) is 0 Å². The van der Waals surface area contributed by atoms with Crippen LogP contribution in [0.5, 0.6) is 0 Å². The molecule has 114 valence electrons. The third-order valence-corrected chi connectivity index (χ3v) is 4.86. The zero-order chi connectivity index (χ0) is 14.5. The molecule has 1 heterocycles. The summed E-state index contributed by atoms with van der Waals surface area (Å²) in [5.41, 5.74) is 1.34. The number of nitrogens with one attached hydrogen (secondary N) is 1. The van der Waals surface area contributed by atoms with Crippen molar-refractivity contribution >= 4 is 0 Å². The molecule has 1 N–H and O–H groups in total. The largest absolute Gasteiger partial charge is 0.465 e. The van der Waals surface area contributed by atoms with E-state index in [2.05, 4.69) is 37.2 Å². The van der Waals surface area contributed by atoms with Crippen molar-refractivity contribution in [3.8, 4) is 0 Å². The third-order valence-electron chi connectivity index (χ3n) is 4.86. The summed E-state index contributed by atoms with van der Waals surface area (Å²) in [5, 5.41) is 3.15. The van der Waals surface area contributed by atoms with Crippen molar-refractivity contribution in [1.29, 1.82) is 0 Å². The van der Waals surface area contributed by atoms with Crippen molar-refractivity contribution in [3.63, 3.8) is 0 Å². The SMILES string of the molecule is CCC1CCC(N(C)Cc2cc(CNC)oc2C)CC1. The standard InChI is InChI=1S/C17H30N2O/c1-5-14-6-8-16(9-7-14)19(4)12-15-10-17(11-18-3)20-13(15)2/h10,14,16,18H,5-9,11-12H2,1-4H3. The molecular weight excluding hydrogens is 248 g/mol. The topological polar surface area (TPSA) is 28.4 Å². The van der Waals surface area contributed by atoms with E-state index in [0.29, 0.717) is 0 Å². The van der Waals surface area contributed by atoms with E-state index in [1.54, 1.807) is 0 Å². The minimum absolute atomic E-state index is 0.750. The fourth-order valence-electron chi connectivity index (χ4n) is 3.40. The van der Waals surface area contributed by atoms with Crippen LogP contribution in [0.15, 0.2) is 10.5 Å². The molecule has 3 heteroatoms. The summed E-state index contributed by atoms with van der Waals surface area (Å²) < 4.78 is 5.79. The molecule has 1 fully saturated rings. The van der Waals surface area contributed by atoms with E-state index in [0.717, 1.165) is 36.6 Å². The van der Waals surface area contributed by atoms with Crippen LogP contribution in [0.4, 0.5) is 0 Å². The summed E-state index contributed by atoms with van der Waals surface area (Å²) in [7, 11) is 4.22. The Labute approximate surface area is 123 Å². The summed E-state index contributed by atoms with van der Waals surface area (Å²) >= 11 is 0. The maximum absolute atomic E-state index is 5.79. The summed E-state index contributed by atoms with van der Waals surface area (Å²) in [6.45, 7) is 6.23. The highest BCUT2D eigenvalue weighted by molar-refractivity contribution is 5.20. The summed E-state index contributed by atoms with van der Waals surface area (Å²) in [5.74, 6) is 3.09. The van der Waals surface area contributed by atoms with Crippen molar-refractivity contribution in [2.75, 3.05) is 14.1 Å². The average molecular weight is 278 g/mol. The second-order valence-electron chi connectivity index (χ2n) is 6.32. The van der Waals surface area contributed by atoms with Crippen LogP contribution in [-0.4, -0.2) is 25.0 Å². The molecule has 1 aromatic rings. The Bertz CT molecular complexity index is 405. The maximum atomic E-state index is 5.79. The third kappa shape index (κ3) is 3.86. The molecule has 0 saturated heterocycles. The van der Waals surface area contributed by atoms with Crippen molar-refractivity contribution in [3.05, 3.63) is 23.2 Å². The minimum atomic E-state index is 0.750. The maximum Gasteiger partial charge on any atom is 0.118 e. The molecule has 0 radical (unpaired) electrons. The molecule has 2 rings (SSSR count). The van der Waals surface area contributed by atoms with E-state index < -0.39 is 0 Å². The van der Waals surface area contributed by atoms with Gasteiger partial charge in [-0.3, -0.25) is 4.90 Å². The second-order valence-corrected chi connectivity index (χ2v) is 6.32. The van der Waals surface area contributed by atoms with E-state index in [4.69, 9.17) is 4.42 Å². The van der Waals surface area contributed by atoms with E-state index in [9.17, 15) is 0 Å². The molecule has 1 aliphatic rings. The van der Waals surface area contributed by atoms with Crippen molar-refractivity contribution < 1.29 is 4.42 Å². The van der Waals surface area contributed by atoms with Crippen molar-refractivity contribution in [1.82, 2.24) is 10.2 Å². The van der Waals surface area contributed by atoms with E-state index >= 15 is 0 Å². The molecule has 0 aliphatic heterocycles. The van der Waals surface area contributed by atoms with Crippen molar-refractivity contribution in [2.24, 2.45) is 5.92 Å². The number of hydrogen-bond donors (Lipinski definition) is 1. The van der Waals surface area contributed by atoms with Gasteiger partial charge in [-0.15, -0.1) is 0 Å². The van der Waals surface area contributed by atoms with E-state index in [-0.39, 0.29) is 0 Å². The lowest BCUT2D eigenvalue weighted by Gasteiger charge is -2.34.